The van der Waals surface area contributed by atoms with Gasteiger partial charge in [0.25, 0.3) is 0 Å². The second-order valence-electron chi connectivity index (χ2n) is 2.26. The average Bonchev–Trinajstić information content (AvgIpc) is 1.90. The van der Waals surface area contributed by atoms with Crippen molar-refractivity contribution in [2.45, 2.75) is 13.0 Å². The minimum atomic E-state index is 0.165. The van der Waals surface area contributed by atoms with Crippen molar-refractivity contribution in [3.05, 3.63) is 0 Å². The van der Waals surface area contributed by atoms with Gasteiger partial charge >= 0.3 is 0 Å². The molecule has 9 heavy (non-hydrogen) atoms. The molecule has 0 heterocycles. The number of nitrogens with one attached hydrogen (secondary N) is 1. The lowest BCUT2D eigenvalue weighted by molar-refractivity contribution is 0.203. The third kappa shape index (κ3) is 2.79. The number of aliphatic hydroxyl groups is 1. The lowest BCUT2D eigenvalue weighted by Crippen LogP contribution is -2.37. The van der Waals surface area contributed by atoms with Crippen molar-refractivity contribution in [1.82, 2.24) is 5.32 Å². The maximum Gasteiger partial charge on any atom is 0.0486 e. The highest BCUT2D eigenvalue weighted by Crippen LogP contribution is 1.97. The van der Waals surface area contributed by atoms with Gasteiger partial charge in [-0.05, 0) is 20.5 Å². The lowest BCUT2D eigenvalue weighted by atomic mass is 10.0. The molecule has 3 nitrogen and oxygen atoms in total. The summed E-state index contributed by atoms with van der Waals surface area (Å²) in [5, 5.41) is 11.7. The number of aliphatic hydroxyl groups excluding tert-OH is 1. The third-order valence-corrected chi connectivity index (χ3v) is 1.70. The summed E-state index contributed by atoms with van der Waals surface area (Å²) in [6.45, 7) is 2.71. The molecular weight excluding hydrogens is 116 g/mol. The second-order valence-corrected chi connectivity index (χ2v) is 2.26. The molecule has 0 aromatic rings. The summed E-state index contributed by atoms with van der Waals surface area (Å²) in [6, 6.07) is 0.306. The van der Waals surface area contributed by atoms with E-state index >= 15 is 0 Å². The van der Waals surface area contributed by atoms with E-state index < -0.39 is 0 Å². The predicted molar refractivity (Wildman–Crippen MR) is 38.2 cm³/mol. The molecule has 0 bridgehead atoms. The Labute approximate surface area is 56.2 Å². The summed E-state index contributed by atoms with van der Waals surface area (Å²) < 4.78 is 0. The normalized spacial score (nSPS) is 17.3. The monoisotopic (exact) mass is 132 g/mol. The van der Waals surface area contributed by atoms with Gasteiger partial charge in [0.15, 0.2) is 0 Å². The highest BCUT2D eigenvalue weighted by atomic mass is 16.3. The van der Waals surface area contributed by atoms with Crippen LogP contribution in [-0.4, -0.2) is 31.3 Å². The molecule has 0 aliphatic rings. The van der Waals surface area contributed by atoms with Gasteiger partial charge in [-0.15, -0.1) is 0 Å². The van der Waals surface area contributed by atoms with Crippen LogP contribution in [0.3, 0.4) is 0 Å². The maximum atomic E-state index is 8.71. The fourth-order valence-electron chi connectivity index (χ4n) is 0.672. The second kappa shape index (κ2) is 4.73. The van der Waals surface area contributed by atoms with E-state index in [0.29, 0.717) is 12.6 Å². The van der Waals surface area contributed by atoms with Gasteiger partial charge in [0.2, 0.25) is 0 Å². The molecule has 2 unspecified atom stereocenters. The van der Waals surface area contributed by atoms with Gasteiger partial charge in [-0.2, -0.15) is 0 Å². The van der Waals surface area contributed by atoms with Gasteiger partial charge < -0.3 is 16.2 Å². The molecule has 2 atom stereocenters. The van der Waals surface area contributed by atoms with Crippen LogP contribution >= 0.6 is 0 Å². The molecule has 0 aromatic carbocycles. The highest BCUT2D eigenvalue weighted by Gasteiger charge is 2.11. The smallest absolute Gasteiger partial charge is 0.0486 e. The SMILES string of the molecule is CNC(C)C(CN)CO. The summed E-state index contributed by atoms with van der Waals surface area (Å²) in [7, 11) is 1.86. The van der Waals surface area contributed by atoms with Crippen LogP contribution in [0.2, 0.25) is 0 Å². The topological polar surface area (TPSA) is 58.3 Å². The predicted octanol–water partition coefficient (Wildman–Crippen LogP) is -0.838. The van der Waals surface area contributed by atoms with Crippen LogP contribution in [0.4, 0.5) is 0 Å². The average molecular weight is 132 g/mol. The molecular formula is C6H16N2O. The minimum absolute atomic E-state index is 0.165. The lowest BCUT2D eigenvalue weighted by Gasteiger charge is -2.18. The zero-order valence-electron chi connectivity index (χ0n) is 6.09. The van der Waals surface area contributed by atoms with Crippen molar-refractivity contribution < 1.29 is 5.11 Å². The van der Waals surface area contributed by atoms with E-state index in [4.69, 9.17) is 10.8 Å². The van der Waals surface area contributed by atoms with Crippen molar-refractivity contribution in [3.8, 4) is 0 Å². The van der Waals surface area contributed by atoms with Crippen LogP contribution in [0.15, 0.2) is 0 Å². The largest absolute Gasteiger partial charge is 0.396 e. The van der Waals surface area contributed by atoms with E-state index in [0.717, 1.165) is 0 Å². The molecule has 0 aliphatic carbocycles. The zero-order valence-corrected chi connectivity index (χ0v) is 6.09. The molecule has 0 rings (SSSR count). The number of nitrogens with two attached hydrogens (primary N) is 1. The first-order valence-corrected chi connectivity index (χ1v) is 3.24. The van der Waals surface area contributed by atoms with E-state index in [-0.39, 0.29) is 12.5 Å². The Kier molecular flexibility index (Phi) is 4.67. The minimum Gasteiger partial charge on any atom is -0.396 e. The Hall–Kier alpha value is -0.120. The molecule has 56 valence electrons. The molecule has 3 heteroatoms. The van der Waals surface area contributed by atoms with Gasteiger partial charge in [0, 0.05) is 18.6 Å². The first kappa shape index (κ1) is 8.88. The summed E-state index contributed by atoms with van der Waals surface area (Å²) >= 11 is 0. The van der Waals surface area contributed by atoms with Crippen LogP contribution in [-0.2, 0) is 0 Å². The van der Waals surface area contributed by atoms with Crippen LogP contribution in [0, 0.1) is 5.92 Å². The first-order valence-electron chi connectivity index (χ1n) is 3.24. The molecule has 0 spiro atoms. The van der Waals surface area contributed by atoms with Gasteiger partial charge in [-0.1, -0.05) is 0 Å². The van der Waals surface area contributed by atoms with Crippen LogP contribution in [0.5, 0.6) is 0 Å². The highest BCUT2D eigenvalue weighted by molar-refractivity contribution is 4.69. The molecule has 4 N–H and O–H groups in total. The zero-order chi connectivity index (χ0) is 7.28. The Morgan fingerprint density at radius 2 is 2.22 bits per heavy atom. The summed E-state index contributed by atoms with van der Waals surface area (Å²) in [4.78, 5) is 0. The fourth-order valence-corrected chi connectivity index (χ4v) is 0.672. The molecule has 0 amide bonds. The Morgan fingerprint density at radius 3 is 2.33 bits per heavy atom. The van der Waals surface area contributed by atoms with Crippen molar-refractivity contribution in [2.24, 2.45) is 11.7 Å². The fraction of sp³-hybridized carbons (Fsp3) is 1.00. The molecule has 0 saturated heterocycles. The Morgan fingerprint density at radius 1 is 1.67 bits per heavy atom. The standard InChI is InChI=1S/C6H16N2O/c1-5(8-2)6(3-7)4-9/h5-6,8-9H,3-4,7H2,1-2H3. The third-order valence-electron chi connectivity index (χ3n) is 1.70. The van der Waals surface area contributed by atoms with Gasteiger partial charge in [-0.25, -0.2) is 0 Å². The first-order chi connectivity index (χ1) is 4.26. The Balaban J connectivity index is 3.50. The van der Waals surface area contributed by atoms with Gasteiger partial charge in [0.1, 0.15) is 0 Å². The van der Waals surface area contributed by atoms with E-state index in [1.165, 1.54) is 0 Å². The van der Waals surface area contributed by atoms with Crippen molar-refractivity contribution >= 4 is 0 Å². The van der Waals surface area contributed by atoms with Crippen molar-refractivity contribution in [1.29, 1.82) is 0 Å². The summed E-state index contributed by atoms with van der Waals surface area (Å²) in [6.07, 6.45) is 0. The van der Waals surface area contributed by atoms with Crippen molar-refractivity contribution in [3.63, 3.8) is 0 Å². The molecule has 0 aliphatic heterocycles. The van der Waals surface area contributed by atoms with Crippen molar-refractivity contribution in [2.75, 3.05) is 20.2 Å². The summed E-state index contributed by atoms with van der Waals surface area (Å²) in [5.41, 5.74) is 5.36. The summed E-state index contributed by atoms with van der Waals surface area (Å²) in [5.74, 6) is 0.190. The van der Waals surface area contributed by atoms with E-state index in [1.807, 2.05) is 14.0 Å². The van der Waals surface area contributed by atoms with Gasteiger partial charge in [0.05, 0.1) is 0 Å². The van der Waals surface area contributed by atoms with E-state index in [9.17, 15) is 0 Å². The maximum absolute atomic E-state index is 8.71. The molecule has 0 fully saturated rings. The number of hydrogen-bond acceptors (Lipinski definition) is 3. The van der Waals surface area contributed by atoms with E-state index in [2.05, 4.69) is 5.32 Å². The molecule has 0 radical (unpaired) electrons. The number of hydrogen-bond donors (Lipinski definition) is 3. The Bertz CT molecular complexity index is 64.1. The number of rotatable bonds is 4. The van der Waals surface area contributed by atoms with Crippen LogP contribution < -0.4 is 11.1 Å². The molecule has 0 saturated carbocycles. The quantitative estimate of drug-likeness (QED) is 0.467. The van der Waals surface area contributed by atoms with Gasteiger partial charge in [-0.3, -0.25) is 0 Å². The molecule has 0 aromatic heterocycles. The van der Waals surface area contributed by atoms with E-state index in [1.54, 1.807) is 0 Å². The van der Waals surface area contributed by atoms with Crippen LogP contribution in [0.25, 0.3) is 0 Å². The van der Waals surface area contributed by atoms with Crippen LogP contribution in [0.1, 0.15) is 6.92 Å².